The molecule has 0 unspecified atom stereocenters. The van der Waals surface area contributed by atoms with E-state index in [0.29, 0.717) is 16.9 Å². The number of anilines is 1. The zero-order valence-electron chi connectivity index (χ0n) is 16.5. The topological polar surface area (TPSA) is 84.3 Å². The van der Waals surface area contributed by atoms with E-state index in [1.165, 1.54) is 24.8 Å². The van der Waals surface area contributed by atoms with E-state index in [2.05, 4.69) is 10.4 Å². The average Bonchev–Trinajstić information content (AvgIpc) is 2.98. The minimum atomic E-state index is -3.64. The molecule has 0 radical (unpaired) electrons. The number of hydrogen-bond donors (Lipinski definition) is 1. The summed E-state index contributed by atoms with van der Waals surface area (Å²) in [6.07, 6.45) is 0. The number of halogens is 1. The van der Waals surface area contributed by atoms with Crippen LogP contribution in [-0.4, -0.2) is 42.5 Å². The van der Waals surface area contributed by atoms with Gasteiger partial charge >= 0.3 is 0 Å². The van der Waals surface area contributed by atoms with Gasteiger partial charge < -0.3 is 5.32 Å². The summed E-state index contributed by atoms with van der Waals surface area (Å²) >= 11 is 6.43. The number of aromatic nitrogens is 2. The molecule has 1 amide bonds. The summed E-state index contributed by atoms with van der Waals surface area (Å²) in [6.45, 7) is 3.39. The van der Waals surface area contributed by atoms with Crippen LogP contribution in [0.25, 0.3) is 5.69 Å². The standard InChI is InChI=1S/C20H21ClN4O3S/c1-13-10-11-15(12-17(13)29(27,28)24(3)4)22-20(26)18-14(2)23-25(19(18)21)16-8-6-5-7-9-16/h5-12H,1-4H3,(H,22,26). The third-order valence-electron chi connectivity index (χ3n) is 4.44. The molecule has 1 aromatic heterocycles. The van der Waals surface area contributed by atoms with Crippen LogP contribution in [0.15, 0.2) is 53.4 Å². The lowest BCUT2D eigenvalue weighted by atomic mass is 10.2. The van der Waals surface area contributed by atoms with Crippen LogP contribution in [0, 0.1) is 13.8 Å². The molecule has 0 aliphatic carbocycles. The average molecular weight is 433 g/mol. The van der Waals surface area contributed by atoms with Gasteiger partial charge in [0.25, 0.3) is 5.91 Å². The molecule has 0 fully saturated rings. The number of nitrogens with zero attached hydrogens (tertiary/aromatic N) is 3. The number of nitrogens with one attached hydrogen (secondary N) is 1. The van der Waals surface area contributed by atoms with Gasteiger partial charge in [-0.05, 0) is 43.7 Å². The van der Waals surface area contributed by atoms with Crippen molar-refractivity contribution in [2.45, 2.75) is 18.7 Å². The summed E-state index contributed by atoms with van der Waals surface area (Å²) in [6, 6.07) is 14.0. The van der Waals surface area contributed by atoms with Crippen molar-refractivity contribution in [3.63, 3.8) is 0 Å². The first kappa shape index (κ1) is 21.0. The number of aryl methyl sites for hydroxylation is 2. The van der Waals surface area contributed by atoms with Gasteiger partial charge in [-0.25, -0.2) is 17.4 Å². The summed E-state index contributed by atoms with van der Waals surface area (Å²) in [5.41, 5.74) is 2.36. The molecule has 1 heterocycles. The van der Waals surface area contributed by atoms with Crippen LogP contribution >= 0.6 is 11.6 Å². The number of rotatable bonds is 5. The Morgan fingerprint density at radius 1 is 1.10 bits per heavy atom. The van der Waals surface area contributed by atoms with Gasteiger partial charge in [-0.2, -0.15) is 5.10 Å². The number of carbonyl (C=O) groups excluding carboxylic acids is 1. The molecule has 7 nitrogen and oxygen atoms in total. The molecule has 0 atom stereocenters. The molecular formula is C20H21ClN4O3S. The molecule has 2 aromatic carbocycles. The molecule has 0 spiro atoms. The van der Waals surface area contributed by atoms with Crippen LogP contribution in [0.3, 0.4) is 0 Å². The zero-order chi connectivity index (χ0) is 21.3. The first-order valence-corrected chi connectivity index (χ1v) is 10.6. The number of carbonyl (C=O) groups is 1. The van der Waals surface area contributed by atoms with E-state index in [9.17, 15) is 13.2 Å². The number of hydrogen-bond acceptors (Lipinski definition) is 4. The van der Waals surface area contributed by atoms with E-state index in [4.69, 9.17) is 11.6 Å². The maximum atomic E-state index is 12.9. The summed E-state index contributed by atoms with van der Waals surface area (Å²) in [5, 5.41) is 7.26. The molecule has 3 aromatic rings. The highest BCUT2D eigenvalue weighted by atomic mass is 35.5. The van der Waals surface area contributed by atoms with E-state index in [1.54, 1.807) is 26.0 Å². The van der Waals surface area contributed by atoms with Crippen LogP contribution in [0.5, 0.6) is 0 Å². The molecular weight excluding hydrogens is 412 g/mol. The number of amides is 1. The highest BCUT2D eigenvalue weighted by Gasteiger charge is 2.23. The molecule has 152 valence electrons. The number of sulfonamides is 1. The van der Waals surface area contributed by atoms with Crippen molar-refractivity contribution in [2.24, 2.45) is 0 Å². The van der Waals surface area contributed by atoms with Crippen LogP contribution in [0.1, 0.15) is 21.6 Å². The number of para-hydroxylation sites is 1. The van der Waals surface area contributed by atoms with E-state index >= 15 is 0 Å². The second-order valence-electron chi connectivity index (χ2n) is 6.72. The Balaban J connectivity index is 1.95. The van der Waals surface area contributed by atoms with Gasteiger partial charge in [0.2, 0.25) is 10.0 Å². The van der Waals surface area contributed by atoms with Crippen molar-refractivity contribution in [1.29, 1.82) is 0 Å². The maximum absolute atomic E-state index is 12.9. The van der Waals surface area contributed by atoms with Gasteiger partial charge in [-0.1, -0.05) is 35.9 Å². The molecule has 0 aliphatic rings. The molecule has 0 saturated carbocycles. The summed E-state index contributed by atoms with van der Waals surface area (Å²) in [4.78, 5) is 13.0. The van der Waals surface area contributed by atoms with Crippen molar-refractivity contribution in [3.05, 3.63) is 70.5 Å². The molecule has 1 N–H and O–H groups in total. The Hall–Kier alpha value is -2.68. The monoisotopic (exact) mass is 432 g/mol. The Kier molecular flexibility index (Phi) is 5.79. The lowest BCUT2D eigenvalue weighted by Gasteiger charge is -2.15. The minimum Gasteiger partial charge on any atom is -0.322 e. The van der Waals surface area contributed by atoms with Gasteiger partial charge in [0.15, 0.2) is 0 Å². The lowest BCUT2D eigenvalue weighted by molar-refractivity contribution is 0.102. The first-order chi connectivity index (χ1) is 13.6. The van der Waals surface area contributed by atoms with E-state index < -0.39 is 15.9 Å². The SMILES string of the molecule is Cc1ccc(NC(=O)c2c(C)nn(-c3ccccc3)c2Cl)cc1S(=O)(=O)N(C)C. The van der Waals surface area contributed by atoms with Crippen LogP contribution < -0.4 is 5.32 Å². The van der Waals surface area contributed by atoms with Crippen LogP contribution in [-0.2, 0) is 10.0 Å². The predicted molar refractivity (Wildman–Crippen MR) is 113 cm³/mol. The van der Waals surface area contributed by atoms with Crippen molar-refractivity contribution in [3.8, 4) is 5.69 Å². The molecule has 3 rings (SSSR count). The maximum Gasteiger partial charge on any atom is 0.260 e. The lowest BCUT2D eigenvalue weighted by Crippen LogP contribution is -2.23. The van der Waals surface area contributed by atoms with E-state index in [0.717, 1.165) is 9.99 Å². The molecule has 9 heteroatoms. The summed E-state index contributed by atoms with van der Waals surface area (Å²) in [7, 11) is -0.720. The van der Waals surface area contributed by atoms with Gasteiger partial charge in [-0.15, -0.1) is 0 Å². The summed E-state index contributed by atoms with van der Waals surface area (Å²) < 4.78 is 27.6. The van der Waals surface area contributed by atoms with Gasteiger partial charge in [0.1, 0.15) is 10.7 Å². The van der Waals surface area contributed by atoms with Gasteiger partial charge in [0, 0.05) is 19.8 Å². The Labute approximate surface area is 175 Å². The molecule has 29 heavy (non-hydrogen) atoms. The summed E-state index contributed by atoms with van der Waals surface area (Å²) in [5.74, 6) is -0.466. The zero-order valence-corrected chi connectivity index (χ0v) is 18.0. The second kappa shape index (κ2) is 7.98. The van der Waals surface area contributed by atoms with Gasteiger partial charge in [-0.3, -0.25) is 4.79 Å². The number of benzene rings is 2. The predicted octanol–water partition coefficient (Wildman–Crippen LogP) is 3.65. The van der Waals surface area contributed by atoms with E-state index in [-0.39, 0.29) is 15.6 Å². The van der Waals surface area contributed by atoms with Crippen molar-refractivity contribution in [2.75, 3.05) is 19.4 Å². The van der Waals surface area contributed by atoms with E-state index in [1.807, 2.05) is 30.3 Å². The van der Waals surface area contributed by atoms with Crippen molar-refractivity contribution in [1.82, 2.24) is 14.1 Å². The van der Waals surface area contributed by atoms with Gasteiger partial charge in [0.05, 0.1) is 16.3 Å². The van der Waals surface area contributed by atoms with Crippen molar-refractivity contribution >= 4 is 33.2 Å². The largest absolute Gasteiger partial charge is 0.322 e. The van der Waals surface area contributed by atoms with Crippen LogP contribution in [0.4, 0.5) is 5.69 Å². The molecule has 0 bridgehead atoms. The Bertz CT molecular complexity index is 1170. The third kappa shape index (κ3) is 4.05. The Morgan fingerprint density at radius 2 is 1.76 bits per heavy atom. The first-order valence-electron chi connectivity index (χ1n) is 8.78. The fraction of sp³-hybridized carbons (Fsp3) is 0.200. The highest BCUT2D eigenvalue weighted by molar-refractivity contribution is 7.89. The second-order valence-corrected chi connectivity index (χ2v) is 9.20. The smallest absolute Gasteiger partial charge is 0.260 e. The van der Waals surface area contributed by atoms with Crippen LogP contribution in [0.2, 0.25) is 5.15 Å². The fourth-order valence-corrected chi connectivity index (χ4v) is 4.35. The minimum absolute atomic E-state index is 0.128. The Morgan fingerprint density at radius 3 is 2.38 bits per heavy atom. The quantitative estimate of drug-likeness (QED) is 0.667. The fourth-order valence-electron chi connectivity index (χ4n) is 2.84. The van der Waals surface area contributed by atoms with Crippen molar-refractivity contribution < 1.29 is 13.2 Å². The normalized spacial score (nSPS) is 11.7. The molecule has 0 saturated heterocycles. The third-order valence-corrected chi connectivity index (χ3v) is 6.74. The highest BCUT2D eigenvalue weighted by Crippen LogP contribution is 2.26. The molecule has 0 aliphatic heterocycles.